The third kappa shape index (κ3) is 3.46. The predicted molar refractivity (Wildman–Crippen MR) is 80.4 cm³/mol. The molecule has 0 saturated carbocycles. The molecule has 0 atom stereocenters. The second-order valence-corrected chi connectivity index (χ2v) is 6.88. The number of aromatic nitrogens is 2. The molecule has 22 heavy (non-hydrogen) atoms. The fraction of sp³-hybridized carbons (Fsp3) is 0.231. The molecular formula is C13H14ClN3O4S. The van der Waals surface area contributed by atoms with Gasteiger partial charge in [0.1, 0.15) is 0 Å². The summed E-state index contributed by atoms with van der Waals surface area (Å²) in [5.74, 6) is -1.24. The number of sulfonamides is 1. The van der Waals surface area contributed by atoms with Crippen LogP contribution in [0.2, 0.25) is 5.02 Å². The molecule has 0 saturated heterocycles. The van der Waals surface area contributed by atoms with E-state index in [4.69, 9.17) is 16.7 Å². The van der Waals surface area contributed by atoms with Crippen molar-refractivity contribution in [1.29, 1.82) is 0 Å². The van der Waals surface area contributed by atoms with Crippen LogP contribution in [0.1, 0.15) is 21.5 Å². The molecule has 2 N–H and O–H groups in total. The standard InChI is InChI=1S/C13H14ClN3O4S/c1-8-11(14)3-10(13(18)19)4-12(8)22(20,21)16-6-9-5-15-17(2)7-9/h3-5,7,16H,6H2,1-2H3,(H,18,19). The molecular weight excluding hydrogens is 330 g/mol. The van der Waals surface area contributed by atoms with Gasteiger partial charge in [0, 0.05) is 30.4 Å². The summed E-state index contributed by atoms with van der Waals surface area (Å²) in [6.07, 6.45) is 3.21. The Morgan fingerprint density at radius 2 is 2.14 bits per heavy atom. The van der Waals surface area contributed by atoms with Gasteiger partial charge >= 0.3 is 5.97 Å². The van der Waals surface area contributed by atoms with Gasteiger partial charge in [0.05, 0.1) is 16.7 Å². The quantitative estimate of drug-likeness (QED) is 0.857. The van der Waals surface area contributed by atoms with Crippen LogP contribution in [-0.2, 0) is 23.6 Å². The number of benzene rings is 1. The molecule has 1 heterocycles. The second-order valence-electron chi connectivity index (χ2n) is 4.73. The van der Waals surface area contributed by atoms with E-state index < -0.39 is 16.0 Å². The average molecular weight is 344 g/mol. The van der Waals surface area contributed by atoms with Gasteiger partial charge in [-0.25, -0.2) is 17.9 Å². The smallest absolute Gasteiger partial charge is 0.335 e. The third-order valence-electron chi connectivity index (χ3n) is 3.06. The number of aromatic carboxylic acids is 1. The van der Waals surface area contributed by atoms with Crippen molar-refractivity contribution in [2.45, 2.75) is 18.4 Å². The van der Waals surface area contributed by atoms with Gasteiger partial charge in [-0.3, -0.25) is 4.68 Å². The van der Waals surface area contributed by atoms with E-state index in [0.717, 1.165) is 6.07 Å². The van der Waals surface area contributed by atoms with Crippen molar-refractivity contribution in [2.75, 3.05) is 0 Å². The van der Waals surface area contributed by atoms with E-state index in [-0.39, 0.29) is 22.0 Å². The van der Waals surface area contributed by atoms with Crippen molar-refractivity contribution in [3.05, 3.63) is 46.2 Å². The van der Waals surface area contributed by atoms with Gasteiger partial charge in [0.25, 0.3) is 0 Å². The van der Waals surface area contributed by atoms with E-state index in [2.05, 4.69) is 9.82 Å². The molecule has 0 fully saturated rings. The Morgan fingerprint density at radius 3 is 2.68 bits per heavy atom. The number of carbonyl (C=O) groups is 1. The lowest BCUT2D eigenvalue weighted by Crippen LogP contribution is -2.24. The van der Waals surface area contributed by atoms with Crippen LogP contribution in [0.25, 0.3) is 0 Å². The number of nitrogens with zero attached hydrogens (tertiary/aromatic N) is 2. The maximum atomic E-state index is 12.4. The summed E-state index contributed by atoms with van der Waals surface area (Å²) in [6.45, 7) is 1.57. The monoisotopic (exact) mass is 343 g/mol. The van der Waals surface area contributed by atoms with E-state index in [0.29, 0.717) is 11.1 Å². The highest BCUT2D eigenvalue weighted by molar-refractivity contribution is 7.89. The first-order valence-electron chi connectivity index (χ1n) is 6.21. The molecule has 1 aromatic carbocycles. The second kappa shape index (κ2) is 6.07. The summed E-state index contributed by atoms with van der Waals surface area (Å²) in [4.78, 5) is 10.9. The van der Waals surface area contributed by atoms with Crippen LogP contribution in [0.4, 0.5) is 0 Å². The van der Waals surface area contributed by atoms with Crippen molar-refractivity contribution in [3.63, 3.8) is 0 Å². The number of nitrogens with one attached hydrogen (secondary N) is 1. The minimum atomic E-state index is -3.89. The third-order valence-corrected chi connectivity index (χ3v) is 4.98. The number of hydrogen-bond acceptors (Lipinski definition) is 4. The van der Waals surface area contributed by atoms with E-state index in [1.807, 2.05) is 0 Å². The summed E-state index contributed by atoms with van der Waals surface area (Å²) in [5, 5.41) is 13.0. The van der Waals surface area contributed by atoms with E-state index in [1.165, 1.54) is 19.2 Å². The van der Waals surface area contributed by atoms with Crippen LogP contribution in [-0.4, -0.2) is 29.3 Å². The highest BCUT2D eigenvalue weighted by Gasteiger charge is 2.21. The van der Waals surface area contributed by atoms with Gasteiger partial charge in [-0.05, 0) is 24.6 Å². The van der Waals surface area contributed by atoms with Crippen LogP contribution in [0.3, 0.4) is 0 Å². The Balaban J connectivity index is 2.34. The van der Waals surface area contributed by atoms with Crippen molar-refractivity contribution < 1.29 is 18.3 Å². The molecule has 0 amide bonds. The first kappa shape index (κ1) is 16.5. The summed E-state index contributed by atoms with van der Waals surface area (Å²) in [6, 6.07) is 2.31. The highest BCUT2D eigenvalue weighted by Crippen LogP contribution is 2.25. The molecule has 0 bridgehead atoms. The highest BCUT2D eigenvalue weighted by atomic mass is 35.5. The molecule has 1 aromatic heterocycles. The lowest BCUT2D eigenvalue weighted by molar-refractivity contribution is 0.0696. The van der Waals surface area contributed by atoms with E-state index >= 15 is 0 Å². The summed E-state index contributed by atoms with van der Waals surface area (Å²) >= 11 is 5.92. The molecule has 0 aliphatic carbocycles. The minimum Gasteiger partial charge on any atom is -0.478 e. The maximum Gasteiger partial charge on any atom is 0.335 e. The van der Waals surface area contributed by atoms with Crippen molar-refractivity contribution in [2.24, 2.45) is 7.05 Å². The lowest BCUT2D eigenvalue weighted by atomic mass is 10.1. The normalized spacial score (nSPS) is 11.6. The van der Waals surface area contributed by atoms with Crippen molar-refractivity contribution in [3.8, 4) is 0 Å². The van der Waals surface area contributed by atoms with Gasteiger partial charge < -0.3 is 5.11 Å². The largest absolute Gasteiger partial charge is 0.478 e. The van der Waals surface area contributed by atoms with Crippen LogP contribution >= 0.6 is 11.6 Å². The average Bonchev–Trinajstić information content (AvgIpc) is 2.85. The van der Waals surface area contributed by atoms with Crippen LogP contribution in [0.5, 0.6) is 0 Å². The fourth-order valence-corrected chi connectivity index (χ4v) is 3.46. The number of carboxylic acid groups (broad SMARTS) is 1. The van der Waals surface area contributed by atoms with E-state index in [1.54, 1.807) is 17.9 Å². The Morgan fingerprint density at radius 1 is 1.45 bits per heavy atom. The molecule has 0 aliphatic rings. The zero-order chi connectivity index (χ0) is 16.5. The molecule has 0 unspecified atom stereocenters. The van der Waals surface area contributed by atoms with Crippen LogP contribution in [0, 0.1) is 6.92 Å². The number of hydrogen-bond donors (Lipinski definition) is 2. The number of carboxylic acids is 1. The molecule has 2 aromatic rings. The van der Waals surface area contributed by atoms with Crippen LogP contribution in [0.15, 0.2) is 29.4 Å². The Bertz CT molecular complexity index is 830. The lowest BCUT2D eigenvalue weighted by Gasteiger charge is -2.11. The van der Waals surface area contributed by atoms with Gasteiger partial charge in [-0.2, -0.15) is 5.10 Å². The summed E-state index contributed by atoms with van der Waals surface area (Å²) in [5.41, 5.74) is 0.798. The molecule has 118 valence electrons. The fourth-order valence-electron chi connectivity index (χ4n) is 1.88. The van der Waals surface area contributed by atoms with Gasteiger partial charge in [0.2, 0.25) is 10.0 Å². The first-order chi connectivity index (χ1) is 10.2. The maximum absolute atomic E-state index is 12.4. The van der Waals surface area contributed by atoms with Crippen molar-refractivity contribution in [1.82, 2.24) is 14.5 Å². The SMILES string of the molecule is Cc1c(Cl)cc(C(=O)O)cc1S(=O)(=O)NCc1cnn(C)c1. The molecule has 0 aliphatic heterocycles. The molecule has 7 nitrogen and oxygen atoms in total. The first-order valence-corrected chi connectivity index (χ1v) is 8.07. The van der Waals surface area contributed by atoms with E-state index in [9.17, 15) is 13.2 Å². The van der Waals surface area contributed by atoms with Gasteiger partial charge in [-0.1, -0.05) is 11.6 Å². The number of aryl methyl sites for hydroxylation is 1. The topological polar surface area (TPSA) is 101 Å². The minimum absolute atomic E-state index is 0.0462. The molecule has 2 rings (SSSR count). The van der Waals surface area contributed by atoms with Gasteiger partial charge in [-0.15, -0.1) is 0 Å². The summed E-state index contributed by atoms with van der Waals surface area (Å²) in [7, 11) is -2.17. The van der Waals surface area contributed by atoms with Crippen molar-refractivity contribution >= 4 is 27.6 Å². The number of halogens is 1. The molecule has 0 radical (unpaired) electrons. The van der Waals surface area contributed by atoms with Gasteiger partial charge in [0.15, 0.2) is 0 Å². The Hall–Kier alpha value is -1.90. The van der Waals surface area contributed by atoms with Crippen LogP contribution < -0.4 is 4.72 Å². The number of rotatable bonds is 5. The predicted octanol–water partition coefficient (Wildman–Crippen LogP) is 1.56. The zero-order valence-electron chi connectivity index (χ0n) is 11.9. The molecule has 9 heteroatoms. The zero-order valence-corrected chi connectivity index (χ0v) is 13.4. The Kier molecular flexibility index (Phi) is 4.55. The molecule has 0 spiro atoms. The summed E-state index contributed by atoms with van der Waals surface area (Å²) < 4.78 is 28.7. The Labute approximate surface area is 132 Å².